The second kappa shape index (κ2) is 5.34. The van der Waals surface area contributed by atoms with Crippen LogP contribution >= 0.6 is 0 Å². The van der Waals surface area contributed by atoms with Gasteiger partial charge in [0.1, 0.15) is 0 Å². The molecule has 19 heavy (non-hydrogen) atoms. The Morgan fingerprint density at radius 2 is 1.89 bits per heavy atom. The third-order valence-electron chi connectivity index (χ3n) is 4.97. The van der Waals surface area contributed by atoms with Crippen molar-refractivity contribution >= 4 is 9.84 Å². The summed E-state index contributed by atoms with van der Waals surface area (Å²) in [5.74, 6) is 0.658. The number of hydrogen-bond donors (Lipinski definition) is 1. The quantitative estimate of drug-likeness (QED) is 0.857. The zero-order valence-electron chi connectivity index (χ0n) is 11.6. The van der Waals surface area contributed by atoms with Crippen LogP contribution in [0.4, 0.5) is 0 Å². The SMILES string of the molecule is O=S1(=O)CCC(NCC2CCC3(CCCCC3)O2)C1. The number of rotatable bonds is 3. The van der Waals surface area contributed by atoms with E-state index in [-0.39, 0.29) is 11.6 Å². The molecular weight excluding hydrogens is 262 g/mol. The van der Waals surface area contributed by atoms with Crippen molar-refractivity contribution in [2.24, 2.45) is 0 Å². The van der Waals surface area contributed by atoms with Crippen molar-refractivity contribution in [1.82, 2.24) is 5.32 Å². The van der Waals surface area contributed by atoms with Crippen LogP contribution in [0.25, 0.3) is 0 Å². The standard InChI is InChI=1S/C14H25NO3S/c16-19(17)9-5-12(11-19)15-10-13-4-8-14(18-13)6-2-1-3-7-14/h12-13,15H,1-11H2. The van der Waals surface area contributed by atoms with E-state index in [0.717, 1.165) is 19.4 Å². The summed E-state index contributed by atoms with van der Waals surface area (Å²) in [6, 6.07) is 0.150. The molecule has 3 rings (SSSR count). The van der Waals surface area contributed by atoms with Gasteiger partial charge in [0, 0.05) is 12.6 Å². The normalized spacial score (nSPS) is 36.8. The van der Waals surface area contributed by atoms with Crippen LogP contribution in [0.2, 0.25) is 0 Å². The van der Waals surface area contributed by atoms with Gasteiger partial charge in [-0.1, -0.05) is 19.3 Å². The van der Waals surface area contributed by atoms with Crippen LogP contribution in [0.1, 0.15) is 51.4 Å². The van der Waals surface area contributed by atoms with E-state index in [0.29, 0.717) is 17.6 Å². The zero-order chi connectivity index (χ0) is 13.3. The molecule has 1 spiro atoms. The fraction of sp³-hybridized carbons (Fsp3) is 1.00. The van der Waals surface area contributed by atoms with Gasteiger partial charge in [-0.2, -0.15) is 0 Å². The first-order chi connectivity index (χ1) is 9.07. The lowest BCUT2D eigenvalue weighted by Gasteiger charge is -2.33. The summed E-state index contributed by atoms with van der Waals surface area (Å²) >= 11 is 0. The molecule has 3 aliphatic rings. The molecule has 0 radical (unpaired) electrons. The maximum Gasteiger partial charge on any atom is 0.151 e. The van der Waals surface area contributed by atoms with Gasteiger partial charge in [0.2, 0.25) is 0 Å². The van der Waals surface area contributed by atoms with Crippen LogP contribution in [0.3, 0.4) is 0 Å². The van der Waals surface area contributed by atoms with E-state index in [1.165, 1.54) is 38.5 Å². The van der Waals surface area contributed by atoms with Crippen molar-refractivity contribution in [2.75, 3.05) is 18.1 Å². The molecule has 1 aliphatic carbocycles. The predicted octanol–water partition coefficient (Wildman–Crippen LogP) is 1.64. The topological polar surface area (TPSA) is 55.4 Å². The van der Waals surface area contributed by atoms with Crippen molar-refractivity contribution in [1.29, 1.82) is 0 Å². The van der Waals surface area contributed by atoms with E-state index >= 15 is 0 Å². The molecule has 0 aromatic rings. The minimum absolute atomic E-state index is 0.150. The molecule has 3 fully saturated rings. The van der Waals surface area contributed by atoms with Crippen molar-refractivity contribution in [3.63, 3.8) is 0 Å². The molecule has 110 valence electrons. The fourth-order valence-corrected chi connectivity index (χ4v) is 5.57. The molecule has 2 aliphatic heterocycles. The van der Waals surface area contributed by atoms with Crippen molar-refractivity contribution < 1.29 is 13.2 Å². The maximum absolute atomic E-state index is 11.4. The lowest BCUT2D eigenvalue weighted by Crippen LogP contribution is -2.38. The second-order valence-electron chi connectivity index (χ2n) is 6.53. The molecule has 2 saturated heterocycles. The van der Waals surface area contributed by atoms with Crippen LogP contribution in [0.15, 0.2) is 0 Å². The Kier molecular flexibility index (Phi) is 3.89. The second-order valence-corrected chi connectivity index (χ2v) is 8.76. The monoisotopic (exact) mass is 287 g/mol. The summed E-state index contributed by atoms with van der Waals surface area (Å²) in [6.45, 7) is 0.821. The molecule has 4 nitrogen and oxygen atoms in total. The molecule has 0 aromatic heterocycles. The van der Waals surface area contributed by atoms with E-state index < -0.39 is 9.84 Å². The first-order valence-corrected chi connectivity index (χ1v) is 9.51. The zero-order valence-corrected chi connectivity index (χ0v) is 12.4. The van der Waals surface area contributed by atoms with Gasteiger partial charge in [-0.15, -0.1) is 0 Å². The number of sulfone groups is 1. The minimum atomic E-state index is -2.77. The summed E-state index contributed by atoms with van der Waals surface area (Å²) in [4.78, 5) is 0. The Labute approximate surface area is 116 Å². The van der Waals surface area contributed by atoms with E-state index in [2.05, 4.69) is 5.32 Å². The highest BCUT2D eigenvalue weighted by molar-refractivity contribution is 7.91. The van der Waals surface area contributed by atoms with Crippen molar-refractivity contribution in [3.8, 4) is 0 Å². The maximum atomic E-state index is 11.4. The Hall–Kier alpha value is -0.130. The molecule has 2 unspecified atom stereocenters. The Bertz CT molecular complexity index is 414. The highest BCUT2D eigenvalue weighted by atomic mass is 32.2. The third-order valence-corrected chi connectivity index (χ3v) is 6.74. The smallest absolute Gasteiger partial charge is 0.151 e. The summed E-state index contributed by atoms with van der Waals surface area (Å²) in [7, 11) is -2.77. The molecular formula is C14H25NO3S. The van der Waals surface area contributed by atoms with Gasteiger partial charge in [-0.05, 0) is 32.1 Å². The molecule has 2 heterocycles. The summed E-state index contributed by atoms with van der Waals surface area (Å²) in [5.41, 5.74) is 0.173. The molecule has 1 N–H and O–H groups in total. The molecule has 5 heteroatoms. The van der Waals surface area contributed by atoms with Gasteiger partial charge < -0.3 is 10.1 Å². The van der Waals surface area contributed by atoms with Gasteiger partial charge in [0.05, 0.1) is 23.2 Å². The molecule has 1 saturated carbocycles. The highest BCUT2D eigenvalue weighted by Gasteiger charge is 2.40. The third kappa shape index (κ3) is 3.31. The van der Waals surface area contributed by atoms with Gasteiger partial charge in [-0.3, -0.25) is 0 Å². The van der Waals surface area contributed by atoms with E-state index in [1.807, 2.05) is 0 Å². The Balaban J connectivity index is 1.45. The molecule has 0 bridgehead atoms. The molecule has 2 atom stereocenters. The fourth-order valence-electron chi connectivity index (χ4n) is 3.86. The number of hydrogen-bond acceptors (Lipinski definition) is 4. The average molecular weight is 287 g/mol. The van der Waals surface area contributed by atoms with E-state index in [9.17, 15) is 8.42 Å². The largest absolute Gasteiger partial charge is 0.370 e. The summed E-state index contributed by atoms with van der Waals surface area (Å²) in [5, 5.41) is 3.40. The van der Waals surface area contributed by atoms with Crippen LogP contribution in [0.5, 0.6) is 0 Å². The average Bonchev–Trinajstić information content (AvgIpc) is 2.92. The first-order valence-electron chi connectivity index (χ1n) is 7.69. The van der Waals surface area contributed by atoms with Crippen LogP contribution in [0, 0.1) is 0 Å². The van der Waals surface area contributed by atoms with E-state index in [4.69, 9.17) is 4.74 Å². The van der Waals surface area contributed by atoms with Crippen LogP contribution < -0.4 is 5.32 Å². The minimum Gasteiger partial charge on any atom is -0.370 e. The number of ether oxygens (including phenoxy) is 1. The van der Waals surface area contributed by atoms with E-state index in [1.54, 1.807) is 0 Å². The van der Waals surface area contributed by atoms with Crippen molar-refractivity contribution in [2.45, 2.75) is 69.1 Å². The summed E-state index contributed by atoms with van der Waals surface area (Å²) < 4.78 is 29.1. The summed E-state index contributed by atoms with van der Waals surface area (Å²) in [6.07, 6.45) is 9.80. The van der Waals surface area contributed by atoms with Crippen molar-refractivity contribution in [3.05, 3.63) is 0 Å². The first kappa shape index (κ1) is 13.8. The Morgan fingerprint density at radius 1 is 1.11 bits per heavy atom. The molecule has 0 amide bonds. The van der Waals surface area contributed by atoms with Gasteiger partial charge in [0.15, 0.2) is 9.84 Å². The van der Waals surface area contributed by atoms with Crippen LogP contribution in [-0.4, -0.2) is 44.2 Å². The van der Waals surface area contributed by atoms with Gasteiger partial charge in [0.25, 0.3) is 0 Å². The van der Waals surface area contributed by atoms with Crippen LogP contribution in [-0.2, 0) is 14.6 Å². The van der Waals surface area contributed by atoms with Gasteiger partial charge in [-0.25, -0.2) is 8.42 Å². The lowest BCUT2D eigenvalue weighted by molar-refractivity contribution is -0.0628. The Morgan fingerprint density at radius 3 is 2.58 bits per heavy atom. The lowest BCUT2D eigenvalue weighted by atomic mass is 9.83. The molecule has 0 aromatic carbocycles. The highest BCUT2D eigenvalue weighted by Crippen LogP contribution is 2.41. The number of nitrogens with one attached hydrogen (secondary N) is 1. The predicted molar refractivity (Wildman–Crippen MR) is 75.0 cm³/mol. The van der Waals surface area contributed by atoms with Gasteiger partial charge >= 0.3 is 0 Å².